The SMILES string of the molecule is O=C(Cc1coc(CN2Cc3ccccc3Oc3ccc(Cl)cc32)n1)Nc1cncnc1. The molecule has 9 heteroatoms. The molecule has 0 unspecified atom stereocenters. The number of benzene rings is 2. The van der Waals surface area contributed by atoms with E-state index in [4.69, 9.17) is 20.8 Å². The van der Waals surface area contributed by atoms with E-state index < -0.39 is 0 Å². The summed E-state index contributed by atoms with van der Waals surface area (Å²) >= 11 is 6.26. The van der Waals surface area contributed by atoms with Crippen LogP contribution in [0.3, 0.4) is 0 Å². The normalized spacial score (nSPS) is 12.3. The lowest BCUT2D eigenvalue weighted by molar-refractivity contribution is -0.115. The second-order valence-corrected chi connectivity index (χ2v) is 7.70. The van der Waals surface area contributed by atoms with Crippen molar-refractivity contribution in [2.75, 3.05) is 10.2 Å². The Hall–Kier alpha value is -3.91. The Morgan fingerprint density at radius 3 is 2.84 bits per heavy atom. The van der Waals surface area contributed by atoms with Crippen LogP contribution in [0.4, 0.5) is 11.4 Å². The predicted octanol–water partition coefficient (Wildman–Crippen LogP) is 4.61. The van der Waals surface area contributed by atoms with Crippen LogP contribution in [0.2, 0.25) is 5.02 Å². The molecule has 0 saturated heterocycles. The van der Waals surface area contributed by atoms with Crippen LogP contribution >= 0.6 is 11.6 Å². The second-order valence-electron chi connectivity index (χ2n) is 7.26. The third-order valence-corrected chi connectivity index (χ3v) is 5.16. The third-order valence-electron chi connectivity index (χ3n) is 4.93. The molecule has 8 nitrogen and oxygen atoms in total. The monoisotopic (exact) mass is 447 g/mol. The third kappa shape index (κ3) is 4.40. The van der Waals surface area contributed by atoms with Gasteiger partial charge in [-0.1, -0.05) is 29.8 Å². The predicted molar refractivity (Wildman–Crippen MR) is 119 cm³/mol. The number of hydrogen-bond acceptors (Lipinski definition) is 7. The zero-order valence-corrected chi connectivity index (χ0v) is 17.6. The highest BCUT2D eigenvalue weighted by Gasteiger charge is 2.23. The number of fused-ring (bicyclic) bond motifs is 2. The molecule has 2 aromatic carbocycles. The fourth-order valence-electron chi connectivity index (χ4n) is 3.51. The van der Waals surface area contributed by atoms with E-state index in [-0.39, 0.29) is 12.3 Å². The molecule has 1 N–H and O–H groups in total. The molecule has 2 aromatic heterocycles. The molecule has 0 radical (unpaired) electrons. The minimum atomic E-state index is -0.228. The molecule has 0 spiro atoms. The molecule has 1 aliphatic rings. The minimum absolute atomic E-state index is 0.0761. The summed E-state index contributed by atoms with van der Waals surface area (Å²) in [7, 11) is 0. The number of hydrogen-bond donors (Lipinski definition) is 1. The van der Waals surface area contributed by atoms with Crippen molar-refractivity contribution in [1.82, 2.24) is 15.0 Å². The van der Waals surface area contributed by atoms with Crippen molar-refractivity contribution in [2.45, 2.75) is 19.5 Å². The molecule has 5 rings (SSSR count). The Morgan fingerprint density at radius 2 is 1.97 bits per heavy atom. The smallest absolute Gasteiger partial charge is 0.230 e. The van der Waals surface area contributed by atoms with E-state index in [1.807, 2.05) is 36.4 Å². The fraction of sp³-hybridized carbons (Fsp3) is 0.130. The Morgan fingerprint density at radius 1 is 1.12 bits per heavy atom. The molecule has 0 saturated carbocycles. The van der Waals surface area contributed by atoms with Gasteiger partial charge in [-0.3, -0.25) is 4.79 Å². The summed E-state index contributed by atoms with van der Waals surface area (Å²) in [4.78, 5) is 26.6. The average Bonchev–Trinajstić information content (AvgIpc) is 3.16. The minimum Gasteiger partial charge on any atom is -0.455 e. The fourth-order valence-corrected chi connectivity index (χ4v) is 3.67. The summed E-state index contributed by atoms with van der Waals surface area (Å²) in [5.41, 5.74) is 2.94. The van der Waals surface area contributed by atoms with E-state index in [2.05, 4.69) is 25.2 Å². The van der Waals surface area contributed by atoms with Gasteiger partial charge < -0.3 is 19.4 Å². The van der Waals surface area contributed by atoms with Crippen LogP contribution in [-0.4, -0.2) is 20.9 Å². The van der Waals surface area contributed by atoms with E-state index in [0.29, 0.717) is 41.1 Å². The lowest BCUT2D eigenvalue weighted by Crippen LogP contribution is -2.21. The van der Waals surface area contributed by atoms with E-state index >= 15 is 0 Å². The van der Waals surface area contributed by atoms with E-state index in [9.17, 15) is 4.79 Å². The van der Waals surface area contributed by atoms with Gasteiger partial charge in [-0.2, -0.15) is 0 Å². The molecule has 4 aromatic rings. The lowest BCUT2D eigenvalue weighted by Gasteiger charge is -2.22. The number of oxazole rings is 1. The van der Waals surface area contributed by atoms with Gasteiger partial charge in [0.1, 0.15) is 18.3 Å². The quantitative estimate of drug-likeness (QED) is 0.477. The number of amides is 1. The number of para-hydroxylation sites is 1. The van der Waals surface area contributed by atoms with Gasteiger partial charge in [0.2, 0.25) is 11.8 Å². The number of anilines is 2. The molecule has 0 atom stereocenters. The molecular weight excluding hydrogens is 430 g/mol. The molecular formula is C23H18ClN5O3. The molecule has 32 heavy (non-hydrogen) atoms. The van der Waals surface area contributed by atoms with Gasteiger partial charge in [0.25, 0.3) is 0 Å². The van der Waals surface area contributed by atoms with Crippen molar-refractivity contribution in [3.63, 3.8) is 0 Å². The van der Waals surface area contributed by atoms with Crippen LogP contribution in [0.25, 0.3) is 0 Å². The summed E-state index contributed by atoms with van der Waals surface area (Å²) in [5, 5.41) is 3.34. The summed E-state index contributed by atoms with van der Waals surface area (Å²) < 4.78 is 11.8. The summed E-state index contributed by atoms with van der Waals surface area (Å²) in [6.07, 6.45) is 6.03. The molecule has 3 heterocycles. The van der Waals surface area contributed by atoms with Gasteiger partial charge >= 0.3 is 0 Å². The van der Waals surface area contributed by atoms with Gasteiger partial charge in [-0.25, -0.2) is 15.0 Å². The van der Waals surface area contributed by atoms with Crippen molar-refractivity contribution >= 4 is 28.9 Å². The molecule has 160 valence electrons. The van der Waals surface area contributed by atoms with Gasteiger partial charge in [-0.05, 0) is 24.3 Å². The van der Waals surface area contributed by atoms with Crippen molar-refractivity contribution in [3.8, 4) is 11.5 Å². The van der Waals surface area contributed by atoms with E-state index in [1.54, 1.807) is 6.07 Å². The van der Waals surface area contributed by atoms with Crippen molar-refractivity contribution in [2.24, 2.45) is 0 Å². The standard InChI is InChI=1S/C23H18ClN5O3/c24-16-5-6-21-19(7-16)29(11-15-3-1-2-4-20(15)32-21)12-23-28-17(13-31-23)8-22(30)27-18-9-25-14-26-10-18/h1-7,9-10,13-14H,8,11-12H2,(H,27,30). The first-order valence-corrected chi connectivity index (χ1v) is 10.3. The van der Waals surface area contributed by atoms with Crippen LogP contribution in [0, 0.1) is 0 Å². The Kier molecular flexibility index (Phi) is 5.43. The Bertz CT molecular complexity index is 1260. The maximum Gasteiger partial charge on any atom is 0.230 e. The number of ether oxygens (including phenoxy) is 1. The first kappa shape index (κ1) is 20.0. The van der Waals surface area contributed by atoms with Gasteiger partial charge in [0, 0.05) is 17.1 Å². The molecule has 0 aliphatic carbocycles. The van der Waals surface area contributed by atoms with Crippen molar-refractivity contribution < 1.29 is 13.9 Å². The maximum atomic E-state index is 12.3. The van der Waals surface area contributed by atoms with Crippen molar-refractivity contribution in [1.29, 1.82) is 0 Å². The molecule has 0 fully saturated rings. The first-order chi connectivity index (χ1) is 15.6. The van der Waals surface area contributed by atoms with Crippen LogP contribution in [-0.2, 0) is 24.3 Å². The largest absolute Gasteiger partial charge is 0.455 e. The lowest BCUT2D eigenvalue weighted by atomic mass is 10.2. The van der Waals surface area contributed by atoms with Crippen LogP contribution in [0.5, 0.6) is 11.5 Å². The molecule has 0 bridgehead atoms. The van der Waals surface area contributed by atoms with Gasteiger partial charge in [0.05, 0.1) is 42.4 Å². The number of carbonyl (C=O) groups excluding carboxylic acids is 1. The number of halogens is 1. The van der Waals surface area contributed by atoms with Crippen LogP contribution in [0.15, 0.2) is 71.9 Å². The number of carbonyl (C=O) groups is 1. The van der Waals surface area contributed by atoms with Crippen molar-refractivity contribution in [3.05, 3.63) is 89.6 Å². The zero-order chi connectivity index (χ0) is 21.9. The van der Waals surface area contributed by atoms with Gasteiger partial charge in [0.15, 0.2) is 5.75 Å². The highest BCUT2D eigenvalue weighted by molar-refractivity contribution is 6.31. The van der Waals surface area contributed by atoms with E-state index in [1.165, 1.54) is 25.0 Å². The number of rotatable bonds is 5. The Balaban J connectivity index is 1.34. The zero-order valence-electron chi connectivity index (χ0n) is 16.9. The number of nitrogens with zero attached hydrogens (tertiary/aromatic N) is 4. The summed E-state index contributed by atoms with van der Waals surface area (Å²) in [6.45, 7) is 0.981. The Labute approximate surface area is 188 Å². The second kappa shape index (κ2) is 8.68. The van der Waals surface area contributed by atoms with Gasteiger partial charge in [-0.15, -0.1) is 0 Å². The summed E-state index contributed by atoms with van der Waals surface area (Å²) in [6, 6.07) is 13.4. The maximum absolute atomic E-state index is 12.3. The number of nitrogens with one attached hydrogen (secondary N) is 1. The first-order valence-electron chi connectivity index (χ1n) is 9.92. The average molecular weight is 448 g/mol. The topological polar surface area (TPSA) is 93.4 Å². The number of aromatic nitrogens is 3. The van der Waals surface area contributed by atoms with E-state index in [0.717, 1.165) is 17.0 Å². The highest BCUT2D eigenvalue weighted by Crippen LogP contribution is 2.40. The molecule has 1 amide bonds. The molecule has 1 aliphatic heterocycles. The van der Waals surface area contributed by atoms with Crippen LogP contribution in [0.1, 0.15) is 17.1 Å². The summed E-state index contributed by atoms with van der Waals surface area (Å²) in [5.74, 6) is 1.76. The van der Waals surface area contributed by atoms with Crippen LogP contribution < -0.4 is 15.0 Å². The highest BCUT2D eigenvalue weighted by atomic mass is 35.5.